The fourth-order valence-electron chi connectivity index (χ4n) is 4.02. The van der Waals surface area contributed by atoms with Crippen LogP contribution in [0.25, 0.3) is 0 Å². The molecular weight excluding hydrogens is 399 g/mol. The highest BCUT2D eigenvalue weighted by Gasteiger charge is 2.47. The molecule has 6 nitrogen and oxygen atoms in total. The zero-order valence-electron chi connectivity index (χ0n) is 17.3. The van der Waals surface area contributed by atoms with Crippen LogP contribution in [0.15, 0.2) is 24.3 Å². The van der Waals surface area contributed by atoms with Gasteiger partial charge in [0.25, 0.3) is 5.91 Å². The number of piperazine rings is 1. The van der Waals surface area contributed by atoms with Gasteiger partial charge in [-0.15, -0.1) is 0 Å². The summed E-state index contributed by atoms with van der Waals surface area (Å²) in [6, 6.07) is 3.37. The van der Waals surface area contributed by atoms with Crippen LogP contribution in [0.5, 0.6) is 0 Å². The first kappa shape index (κ1) is 22.1. The number of fused-ring (bicyclic) bond motifs is 1. The molecule has 0 bridgehead atoms. The Morgan fingerprint density at radius 2 is 1.83 bits per heavy atom. The number of amides is 3. The summed E-state index contributed by atoms with van der Waals surface area (Å²) in [5.74, 6) is -0.522. The van der Waals surface area contributed by atoms with Gasteiger partial charge < -0.3 is 14.7 Å². The molecule has 2 unspecified atom stereocenters. The van der Waals surface area contributed by atoms with Crippen LogP contribution in [0.1, 0.15) is 49.5 Å². The molecule has 3 rings (SSSR count). The number of hydrogen-bond acceptors (Lipinski definition) is 3. The Balaban J connectivity index is 1.86. The number of benzene rings is 1. The lowest BCUT2D eigenvalue weighted by atomic mass is 10.0. The van der Waals surface area contributed by atoms with E-state index in [-0.39, 0.29) is 42.8 Å². The largest absolute Gasteiger partial charge is 0.416 e. The zero-order chi connectivity index (χ0) is 22.2. The Morgan fingerprint density at radius 1 is 1.20 bits per heavy atom. The van der Waals surface area contributed by atoms with Crippen molar-refractivity contribution in [1.29, 1.82) is 0 Å². The highest BCUT2D eigenvalue weighted by atomic mass is 19.4. The SMILES string of the molecule is CCC(C)CN1CC2N(C(=O)c3ccc(C(F)(F)F)cc3)CCC(=O)N2[C@@H](C)C1=O. The van der Waals surface area contributed by atoms with Crippen molar-refractivity contribution in [2.45, 2.75) is 52.0 Å². The second kappa shape index (κ2) is 8.28. The molecule has 0 N–H and O–H groups in total. The van der Waals surface area contributed by atoms with E-state index in [2.05, 4.69) is 0 Å². The Bertz CT molecular complexity index is 825. The normalized spacial score (nSPS) is 23.5. The molecule has 0 spiro atoms. The molecule has 2 saturated heterocycles. The van der Waals surface area contributed by atoms with Gasteiger partial charge in [-0.1, -0.05) is 20.3 Å². The zero-order valence-corrected chi connectivity index (χ0v) is 17.3. The molecule has 3 amide bonds. The second-order valence-electron chi connectivity index (χ2n) is 8.04. The number of alkyl halides is 3. The van der Waals surface area contributed by atoms with Crippen molar-refractivity contribution >= 4 is 17.7 Å². The summed E-state index contributed by atoms with van der Waals surface area (Å²) in [6.45, 7) is 6.60. The van der Waals surface area contributed by atoms with Crippen LogP contribution in [-0.4, -0.2) is 64.3 Å². The van der Waals surface area contributed by atoms with Crippen LogP contribution in [0, 0.1) is 5.92 Å². The van der Waals surface area contributed by atoms with Crippen LogP contribution in [0.2, 0.25) is 0 Å². The topological polar surface area (TPSA) is 60.9 Å². The molecule has 2 heterocycles. The molecule has 0 radical (unpaired) electrons. The van der Waals surface area contributed by atoms with Crippen molar-refractivity contribution < 1.29 is 27.6 Å². The summed E-state index contributed by atoms with van der Waals surface area (Å²) < 4.78 is 38.5. The molecule has 2 fully saturated rings. The van der Waals surface area contributed by atoms with Crippen LogP contribution < -0.4 is 0 Å². The van der Waals surface area contributed by atoms with E-state index >= 15 is 0 Å². The Hall–Kier alpha value is -2.58. The average Bonchev–Trinajstić information content (AvgIpc) is 2.70. The first-order valence-electron chi connectivity index (χ1n) is 10.1. The maximum Gasteiger partial charge on any atom is 0.416 e. The molecule has 164 valence electrons. The summed E-state index contributed by atoms with van der Waals surface area (Å²) in [5.41, 5.74) is -0.707. The molecule has 2 aliphatic heterocycles. The molecule has 0 aromatic heterocycles. The third-order valence-electron chi connectivity index (χ3n) is 5.95. The van der Waals surface area contributed by atoms with Gasteiger partial charge in [-0.25, -0.2) is 0 Å². The van der Waals surface area contributed by atoms with E-state index in [9.17, 15) is 27.6 Å². The van der Waals surface area contributed by atoms with Crippen LogP contribution in [-0.2, 0) is 15.8 Å². The average molecular weight is 425 g/mol. The Kier molecular flexibility index (Phi) is 6.10. The molecule has 9 heteroatoms. The molecule has 2 aliphatic rings. The van der Waals surface area contributed by atoms with Crippen LogP contribution in [0.4, 0.5) is 13.2 Å². The molecule has 1 aromatic carbocycles. The minimum atomic E-state index is -4.48. The fraction of sp³-hybridized carbons (Fsp3) is 0.571. The third-order valence-corrected chi connectivity index (χ3v) is 5.95. The highest BCUT2D eigenvalue weighted by molar-refractivity contribution is 5.97. The summed E-state index contributed by atoms with van der Waals surface area (Å²) in [6.07, 6.45) is -4.14. The van der Waals surface area contributed by atoms with Crippen molar-refractivity contribution in [2.24, 2.45) is 5.92 Å². The Labute approximate surface area is 173 Å². The highest BCUT2D eigenvalue weighted by Crippen LogP contribution is 2.30. The van der Waals surface area contributed by atoms with E-state index < -0.39 is 29.9 Å². The fourth-order valence-corrected chi connectivity index (χ4v) is 4.02. The standard InChI is InChI=1S/C21H26F3N3O3/c1-4-13(2)11-25-12-17-26(10-9-18(28)27(17)14(3)19(25)29)20(30)15-5-7-16(8-6-15)21(22,23)24/h5-8,13-14,17H,4,9-12H2,1-3H3/t13?,14-,17?/m0/s1. The minimum absolute atomic E-state index is 0.0753. The predicted molar refractivity (Wildman–Crippen MR) is 103 cm³/mol. The summed E-state index contributed by atoms with van der Waals surface area (Å²) in [7, 11) is 0. The lowest BCUT2D eigenvalue weighted by molar-refractivity contribution is -0.166. The maximum atomic E-state index is 13.1. The number of carbonyl (C=O) groups excluding carboxylic acids is 3. The van der Waals surface area contributed by atoms with Crippen LogP contribution >= 0.6 is 0 Å². The lowest BCUT2D eigenvalue weighted by Gasteiger charge is -2.51. The van der Waals surface area contributed by atoms with Gasteiger partial charge in [0.15, 0.2) is 0 Å². The Morgan fingerprint density at radius 3 is 2.40 bits per heavy atom. The number of halogens is 3. The van der Waals surface area contributed by atoms with Gasteiger partial charge >= 0.3 is 6.18 Å². The second-order valence-corrected chi connectivity index (χ2v) is 8.04. The maximum absolute atomic E-state index is 13.1. The quantitative estimate of drug-likeness (QED) is 0.745. The number of rotatable bonds is 4. The lowest BCUT2D eigenvalue weighted by Crippen LogP contribution is -2.70. The van der Waals surface area contributed by atoms with Crippen molar-refractivity contribution in [3.63, 3.8) is 0 Å². The number of carbonyl (C=O) groups is 3. The van der Waals surface area contributed by atoms with Crippen molar-refractivity contribution in [1.82, 2.24) is 14.7 Å². The number of hydrogen-bond donors (Lipinski definition) is 0. The smallest absolute Gasteiger partial charge is 0.337 e. The minimum Gasteiger partial charge on any atom is -0.337 e. The predicted octanol–water partition coefficient (Wildman–Crippen LogP) is 2.98. The molecule has 0 saturated carbocycles. The molecule has 1 aromatic rings. The third kappa shape index (κ3) is 4.15. The van der Waals surface area contributed by atoms with Gasteiger partial charge in [-0.05, 0) is 37.1 Å². The molecular formula is C21H26F3N3O3. The van der Waals surface area contributed by atoms with Crippen molar-refractivity contribution in [3.8, 4) is 0 Å². The monoisotopic (exact) mass is 425 g/mol. The molecule has 30 heavy (non-hydrogen) atoms. The van der Waals surface area contributed by atoms with E-state index in [1.807, 2.05) is 13.8 Å². The van der Waals surface area contributed by atoms with E-state index in [4.69, 9.17) is 0 Å². The molecule has 3 atom stereocenters. The first-order chi connectivity index (χ1) is 14.0. The van der Waals surface area contributed by atoms with Gasteiger partial charge in [0.05, 0.1) is 12.1 Å². The van der Waals surface area contributed by atoms with E-state index in [0.29, 0.717) is 6.54 Å². The molecule has 0 aliphatic carbocycles. The van der Waals surface area contributed by atoms with Gasteiger partial charge in [0.1, 0.15) is 12.2 Å². The first-order valence-corrected chi connectivity index (χ1v) is 10.1. The van der Waals surface area contributed by atoms with Crippen molar-refractivity contribution in [3.05, 3.63) is 35.4 Å². The van der Waals surface area contributed by atoms with E-state index in [1.54, 1.807) is 11.8 Å². The van der Waals surface area contributed by atoms with Crippen molar-refractivity contribution in [2.75, 3.05) is 19.6 Å². The van der Waals surface area contributed by atoms with E-state index in [1.165, 1.54) is 9.80 Å². The van der Waals surface area contributed by atoms with Gasteiger partial charge in [-0.3, -0.25) is 14.4 Å². The summed E-state index contributed by atoms with van der Waals surface area (Å²) in [4.78, 5) is 43.0. The van der Waals surface area contributed by atoms with Gasteiger partial charge in [0.2, 0.25) is 11.8 Å². The summed E-state index contributed by atoms with van der Waals surface area (Å²) in [5, 5.41) is 0. The van der Waals surface area contributed by atoms with Crippen LogP contribution in [0.3, 0.4) is 0 Å². The van der Waals surface area contributed by atoms with Gasteiger partial charge in [0, 0.05) is 25.1 Å². The van der Waals surface area contributed by atoms with E-state index in [0.717, 1.165) is 30.7 Å². The summed E-state index contributed by atoms with van der Waals surface area (Å²) >= 11 is 0. The van der Waals surface area contributed by atoms with Gasteiger partial charge in [-0.2, -0.15) is 13.2 Å². The number of nitrogens with zero attached hydrogens (tertiary/aromatic N) is 3.